The van der Waals surface area contributed by atoms with Crippen molar-refractivity contribution in [3.8, 4) is 6.07 Å². The van der Waals surface area contributed by atoms with E-state index < -0.39 is 0 Å². The maximum Gasteiger partial charge on any atom is 0.262 e. The summed E-state index contributed by atoms with van der Waals surface area (Å²) in [6.07, 6.45) is 7.77. The number of nitriles is 1. The Bertz CT molecular complexity index is 529. The van der Waals surface area contributed by atoms with Crippen LogP contribution < -0.4 is 5.32 Å². The topological polar surface area (TPSA) is 52.9 Å². The molecule has 4 saturated carbocycles. The molecule has 106 valence electrons. The number of hydrogen-bond acceptors (Lipinski definition) is 2. The third-order valence-corrected chi connectivity index (χ3v) is 6.21. The smallest absolute Gasteiger partial charge is 0.262 e. The molecule has 1 heterocycles. The summed E-state index contributed by atoms with van der Waals surface area (Å²) in [6.45, 7) is 4.15. The molecule has 1 N–H and O–H groups in total. The van der Waals surface area contributed by atoms with Gasteiger partial charge >= 0.3 is 0 Å². The number of carbonyl (C=O) groups excluding carboxylic acids is 1. The van der Waals surface area contributed by atoms with Crippen LogP contribution >= 0.6 is 0 Å². The molecule has 0 aromatic rings. The first kappa shape index (κ1) is 12.4. The quantitative estimate of drug-likeness (QED) is 0.796. The maximum atomic E-state index is 12.1. The first-order valence-electron chi connectivity index (χ1n) is 7.91. The van der Waals surface area contributed by atoms with Crippen LogP contribution in [0.5, 0.6) is 0 Å². The summed E-state index contributed by atoms with van der Waals surface area (Å²) in [6, 6.07) is 2.21. The molecule has 4 bridgehead atoms. The third kappa shape index (κ3) is 1.48. The fourth-order valence-corrected chi connectivity index (χ4v) is 6.29. The van der Waals surface area contributed by atoms with Gasteiger partial charge in [0.2, 0.25) is 0 Å². The van der Waals surface area contributed by atoms with Gasteiger partial charge in [-0.1, -0.05) is 0 Å². The van der Waals surface area contributed by atoms with Crippen molar-refractivity contribution >= 4 is 5.91 Å². The molecule has 0 aromatic carbocycles. The monoisotopic (exact) mass is 270 g/mol. The molecule has 4 fully saturated rings. The number of carbonyl (C=O) groups is 1. The van der Waals surface area contributed by atoms with Gasteiger partial charge in [-0.05, 0) is 81.1 Å². The van der Waals surface area contributed by atoms with E-state index in [1.54, 1.807) is 0 Å². The molecule has 1 amide bonds. The molecule has 0 spiro atoms. The van der Waals surface area contributed by atoms with E-state index in [1.165, 1.54) is 38.5 Å². The van der Waals surface area contributed by atoms with E-state index in [2.05, 4.69) is 25.2 Å². The number of nitrogens with zero attached hydrogens (tertiary/aromatic N) is 1. The minimum absolute atomic E-state index is 0.141. The highest BCUT2D eigenvalue weighted by atomic mass is 16.2. The van der Waals surface area contributed by atoms with Crippen molar-refractivity contribution in [1.29, 1.82) is 5.26 Å². The third-order valence-electron chi connectivity index (χ3n) is 6.21. The van der Waals surface area contributed by atoms with Crippen molar-refractivity contribution in [1.82, 2.24) is 5.32 Å². The normalized spacial score (nSPS) is 44.6. The van der Waals surface area contributed by atoms with Crippen LogP contribution in [0.15, 0.2) is 11.1 Å². The van der Waals surface area contributed by atoms with Crippen molar-refractivity contribution in [2.24, 2.45) is 23.2 Å². The van der Waals surface area contributed by atoms with Gasteiger partial charge in [-0.3, -0.25) is 4.79 Å². The van der Waals surface area contributed by atoms with Gasteiger partial charge in [0.25, 0.3) is 5.91 Å². The van der Waals surface area contributed by atoms with Crippen molar-refractivity contribution in [3.63, 3.8) is 0 Å². The van der Waals surface area contributed by atoms with Crippen LogP contribution in [0.3, 0.4) is 0 Å². The maximum absolute atomic E-state index is 12.1. The Morgan fingerprint density at radius 3 is 2.05 bits per heavy atom. The first-order chi connectivity index (χ1) is 9.43. The fourth-order valence-electron chi connectivity index (χ4n) is 6.29. The second kappa shape index (κ2) is 3.67. The summed E-state index contributed by atoms with van der Waals surface area (Å²) in [5, 5.41) is 12.5. The van der Waals surface area contributed by atoms with E-state index in [9.17, 15) is 10.1 Å². The Hall–Kier alpha value is -1.30. The zero-order valence-electron chi connectivity index (χ0n) is 12.3. The minimum Gasteiger partial charge on any atom is -0.343 e. The van der Waals surface area contributed by atoms with Gasteiger partial charge in [0, 0.05) is 0 Å². The second-order valence-electron chi connectivity index (χ2n) is 8.14. The summed E-state index contributed by atoms with van der Waals surface area (Å²) in [4.78, 5) is 12.1. The van der Waals surface area contributed by atoms with Crippen molar-refractivity contribution in [3.05, 3.63) is 11.1 Å². The molecule has 5 rings (SSSR count). The molecule has 3 heteroatoms. The Morgan fingerprint density at radius 1 is 1.10 bits per heavy atom. The van der Waals surface area contributed by atoms with Crippen LogP contribution in [0.25, 0.3) is 0 Å². The number of hydrogen-bond donors (Lipinski definition) is 1. The van der Waals surface area contributed by atoms with Crippen LogP contribution in [0.1, 0.15) is 52.4 Å². The van der Waals surface area contributed by atoms with E-state index >= 15 is 0 Å². The summed E-state index contributed by atoms with van der Waals surface area (Å²) in [5.41, 5.74) is 1.38. The highest BCUT2D eigenvalue weighted by Gasteiger charge is 2.57. The predicted octanol–water partition coefficient (Wildman–Crippen LogP) is 2.93. The second-order valence-corrected chi connectivity index (χ2v) is 8.14. The number of amides is 1. The molecule has 0 unspecified atom stereocenters. The fraction of sp³-hybridized carbons (Fsp3) is 0.765. The van der Waals surface area contributed by atoms with E-state index in [1.807, 2.05) is 0 Å². The van der Waals surface area contributed by atoms with Gasteiger partial charge in [0.15, 0.2) is 0 Å². The van der Waals surface area contributed by atoms with Gasteiger partial charge in [0.05, 0.1) is 5.54 Å². The van der Waals surface area contributed by atoms with Gasteiger partial charge in [-0.15, -0.1) is 0 Å². The van der Waals surface area contributed by atoms with Crippen LogP contribution in [-0.2, 0) is 4.79 Å². The van der Waals surface area contributed by atoms with Crippen LogP contribution in [0.2, 0.25) is 0 Å². The highest BCUT2D eigenvalue weighted by Crippen LogP contribution is 2.65. The first-order valence-corrected chi connectivity index (χ1v) is 7.91. The zero-order valence-corrected chi connectivity index (χ0v) is 12.3. The molecule has 4 aliphatic carbocycles. The molecule has 0 aromatic heterocycles. The lowest BCUT2D eigenvalue weighted by molar-refractivity contribution is -0.117. The SMILES string of the molecule is CC1(C)NC(=O)C(C#N)=C1C12CC3CC(CC(C3)C1)C2. The lowest BCUT2D eigenvalue weighted by atomic mass is 9.46. The van der Waals surface area contributed by atoms with Gasteiger partial charge < -0.3 is 5.32 Å². The van der Waals surface area contributed by atoms with Gasteiger partial charge in [0.1, 0.15) is 11.6 Å². The van der Waals surface area contributed by atoms with E-state index in [-0.39, 0.29) is 16.9 Å². The van der Waals surface area contributed by atoms with E-state index in [4.69, 9.17) is 0 Å². The molecule has 3 nitrogen and oxygen atoms in total. The molecule has 5 aliphatic rings. The Labute approximate surface area is 120 Å². The molecule has 0 saturated heterocycles. The lowest BCUT2D eigenvalue weighted by Gasteiger charge is -2.59. The summed E-state index contributed by atoms with van der Waals surface area (Å²) < 4.78 is 0. The van der Waals surface area contributed by atoms with Gasteiger partial charge in [-0.2, -0.15) is 5.26 Å². The minimum atomic E-state index is -0.339. The predicted molar refractivity (Wildman–Crippen MR) is 75.5 cm³/mol. The number of rotatable bonds is 1. The average Bonchev–Trinajstić information content (AvgIpc) is 2.56. The Kier molecular flexibility index (Phi) is 2.28. The Balaban J connectivity index is 1.85. The van der Waals surface area contributed by atoms with Crippen molar-refractivity contribution < 1.29 is 4.79 Å². The molecule has 1 aliphatic heterocycles. The molecule has 20 heavy (non-hydrogen) atoms. The van der Waals surface area contributed by atoms with Gasteiger partial charge in [-0.25, -0.2) is 0 Å². The average molecular weight is 270 g/mol. The highest BCUT2D eigenvalue weighted by molar-refractivity contribution is 6.02. The largest absolute Gasteiger partial charge is 0.343 e. The van der Waals surface area contributed by atoms with Crippen molar-refractivity contribution in [2.75, 3.05) is 0 Å². The zero-order chi connectivity index (χ0) is 14.1. The molecular weight excluding hydrogens is 248 g/mol. The number of nitrogens with one attached hydrogen (secondary N) is 1. The van der Waals surface area contributed by atoms with Crippen LogP contribution in [0.4, 0.5) is 0 Å². The summed E-state index contributed by atoms with van der Waals surface area (Å²) in [5.74, 6) is 2.35. The standard InChI is InChI=1S/C17H22N2O/c1-16(2)14(13(9-18)15(20)19-16)17-6-10-3-11(7-17)5-12(4-10)8-17/h10-12H,3-8H2,1-2H3,(H,19,20). The lowest BCUT2D eigenvalue weighted by Crippen LogP contribution is -2.51. The van der Waals surface area contributed by atoms with Crippen LogP contribution in [0, 0.1) is 34.5 Å². The molecular formula is C17H22N2O. The van der Waals surface area contributed by atoms with E-state index in [0.717, 1.165) is 23.3 Å². The van der Waals surface area contributed by atoms with E-state index in [0.29, 0.717) is 5.57 Å². The summed E-state index contributed by atoms with van der Waals surface area (Å²) in [7, 11) is 0. The van der Waals surface area contributed by atoms with Crippen LogP contribution in [-0.4, -0.2) is 11.4 Å². The molecule has 0 radical (unpaired) electrons. The molecule has 0 atom stereocenters. The van der Waals surface area contributed by atoms with Crippen molar-refractivity contribution in [2.45, 2.75) is 57.9 Å². The Morgan fingerprint density at radius 2 is 1.60 bits per heavy atom. The summed E-state index contributed by atoms with van der Waals surface area (Å²) >= 11 is 0.